The zero-order valence-corrected chi connectivity index (χ0v) is 8.15. The predicted octanol–water partition coefficient (Wildman–Crippen LogP) is 1.88. The molecule has 1 fully saturated rings. The van der Waals surface area contributed by atoms with Crippen LogP contribution in [-0.4, -0.2) is 24.4 Å². The van der Waals surface area contributed by atoms with Gasteiger partial charge in [-0.25, -0.2) is 0 Å². The van der Waals surface area contributed by atoms with Gasteiger partial charge >= 0.3 is 0 Å². The highest BCUT2D eigenvalue weighted by molar-refractivity contribution is 5.83. The van der Waals surface area contributed by atoms with Crippen molar-refractivity contribution in [3.05, 3.63) is 24.0 Å². The molecular weight excluding hydrogens is 176 g/mol. The average molecular weight is 190 g/mol. The van der Waals surface area contributed by atoms with E-state index in [2.05, 4.69) is 9.88 Å². The average Bonchev–Trinajstić information content (AvgIpc) is 2.30. The Morgan fingerprint density at radius 3 is 2.79 bits per heavy atom. The van der Waals surface area contributed by atoms with Gasteiger partial charge in [0.2, 0.25) is 0 Å². The van der Waals surface area contributed by atoms with Gasteiger partial charge in [0.05, 0.1) is 11.3 Å². The highest BCUT2D eigenvalue weighted by Crippen LogP contribution is 2.21. The molecule has 1 saturated heterocycles. The number of piperidine rings is 1. The highest BCUT2D eigenvalue weighted by atomic mass is 16.1. The number of aromatic nitrogens is 1. The van der Waals surface area contributed by atoms with Crippen molar-refractivity contribution in [3.8, 4) is 0 Å². The lowest BCUT2D eigenvalue weighted by molar-refractivity contribution is 0.112. The third-order valence-corrected chi connectivity index (χ3v) is 2.65. The molecule has 2 rings (SSSR count). The van der Waals surface area contributed by atoms with Crippen molar-refractivity contribution in [2.75, 3.05) is 18.0 Å². The van der Waals surface area contributed by atoms with Crippen LogP contribution in [0.1, 0.15) is 29.6 Å². The number of nitrogens with zero attached hydrogens (tertiary/aromatic N) is 2. The second-order valence-electron chi connectivity index (χ2n) is 3.60. The lowest BCUT2D eigenvalue weighted by atomic mass is 10.1. The monoisotopic (exact) mass is 190 g/mol. The van der Waals surface area contributed by atoms with Gasteiger partial charge in [-0.2, -0.15) is 0 Å². The maximum Gasteiger partial charge on any atom is 0.153 e. The van der Waals surface area contributed by atoms with E-state index in [1.165, 1.54) is 19.3 Å². The van der Waals surface area contributed by atoms with Gasteiger partial charge in [0.25, 0.3) is 0 Å². The molecule has 0 aromatic carbocycles. The Morgan fingerprint density at radius 2 is 2.07 bits per heavy atom. The van der Waals surface area contributed by atoms with Gasteiger partial charge in [0.15, 0.2) is 6.29 Å². The van der Waals surface area contributed by atoms with E-state index in [1.807, 2.05) is 6.07 Å². The lowest BCUT2D eigenvalue weighted by Gasteiger charge is -2.29. The molecule has 1 aromatic heterocycles. The minimum absolute atomic E-state index is 0.703. The Kier molecular flexibility index (Phi) is 2.77. The molecule has 3 heteroatoms. The molecule has 0 atom stereocenters. The van der Waals surface area contributed by atoms with Crippen molar-refractivity contribution in [3.63, 3.8) is 0 Å². The molecule has 0 bridgehead atoms. The second kappa shape index (κ2) is 4.22. The van der Waals surface area contributed by atoms with Crippen molar-refractivity contribution in [1.29, 1.82) is 0 Å². The molecule has 1 aromatic rings. The van der Waals surface area contributed by atoms with E-state index in [-0.39, 0.29) is 0 Å². The number of carbonyl (C=O) groups is 1. The Labute approximate surface area is 83.8 Å². The summed E-state index contributed by atoms with van der Waals surface area (Å²) in [5.74, 6) is 0. The summed E-state index contributed by atoms with van der Waals surface area (Å²) in [7, 11) is 0. The van der Waals surface area contributed by atoms with E-state index in [1.54, 1.807) is 12.4 Å². The van der Waals surface area contributed by atoms with Crippen LogP contribution < -0.4 is 4.90 Å². The van der Waals surface area contributed by atoms with Crippen molar-refractivity contribution >= 4 is 12.0 Å². The molecule has 0 aliphatic carbocycles. The fraction of sp³-hybridized carbons (Fsp3) is 0.455. The lowest BCUT2D eigenvalue weighted by Crippen LogP contribution is -2.30. The van der Waals surface area contributed by atoms with Crippen LogP contribution in [0.4, 0.5) is 5.69 Å². The van der Waals surface area contributed by atoms with Gasteiger partial charge in [0.1, 0.15) is 0 Å². The second-order valence-corrected chi connectivity index (χ2v) is 3.60. The standard InChI is InChI=1S/C11H14N2O/c14-9-10-8-12-5-4-11(10)13-6-2-1-3-7-13/h4-5,8-9H,1-3,6-7H2. The summed E-state index contributed by atoms with van der Waals surface area (Å²) >= 11 is 0. The van der Waals surface area contributed by atoms with Crippen molar-refractivity contribution in [2.24, 2.45) is 0 Å². The van der Waals surface area contributed by atoms with Crippen LogP contribution in [0.5, 0.6) is 0 Å². The smallest absolute Gasteiger partial charge is 0.153 e. The fourth-order valence-corrected chi connectivity index (χ4v) is 1.91. The molecule has 0 N–H and O–H groups in total. The Hall–Kier alpha value is -1.38. The third kappa shape index (κ3) is 1.76. The topological polar surface area (TPSA) is 33.2 Å². The summed E-state index contributed by atoms with van der Waals surface area (Å²) in [5, 5.41) is 0. The minimum atomic E-state index is 0.703. The summed E-state index contributed by atoms with van der Waals surface area (Å²) in [4.78, 5) is 17.0. The number of rotatable bonds is 2. The highest BCUT2D eigenvalue weighted by Gasteiger charge is 2.13. The van der Waals surface area contributed by atoms with E-state index >= 15 is 0 Å². The molecule has 2 heterocycles. The summed E-state index contributed by atoms with van der Waals surface area (Å²) in [6, 6.07) is 1.93. The van der Waals surface area contributed by atoms with Crippen LogP contribution in [0, 0.1) is 0 Å². The zero-order valence-electron chi connectivity index (χ0n) is 8.15. The molecule has 0 amide bonds. The van der Waals surface area contributed by atoms with Crippen LogP contribution in [0.25, 0.3) is 0 Å². The van der Waals surface area contributed by atoms with Gasteiger partial charge in [-0.15, -0.1) is 0 Å². The van der Waals surface area contributed by atoms with E-state index in [4.69, 9.17) is 0 Å². The molecule has 0 saturated carbocycles. The molecule has 1 aliphatic rings. The fourth-order valence-electron chi connectivity index (χ4n) is 1.91. The summed E-state index contributed by atoms with van der Waals surface area (Å²) < 4.78 is 0. The van der Waals surface area contributed by atoms with E-state index in [0.29, 0.717) is 5.56 Å². The number of hydrogen-bond donors (Lipinski definition) is 0. The Bertz CT molecular complexity index is 319. The van der Waals surface area contributed by atoms with Crippen LogP contribution >= 0.6 is 0 Å². The van der Waals surface area contributed by atoms with Crippen molar-refractivity contribution in [1.82, 2.24) is 4.98 Å². The van der Waals surface area contributed by atoms with Crippen LogP contribution in [0.15, 0.2) is 18.5 Å². The number of aldehydes is 1. The van der Waals surface area contributed by atoms with Crippen LogP contribution in [-0.2, 0) is 0 Å². The Morgan fingerprint density at radius 1 is 1.29 bits per heavy atom. The number of anilines is 1. The van der Waals surface area contributed by atoms with E-state index < -0.39 is 0 Å². The van der Waals surface area contributed by atoms with E-state index in [0.717, 1.165) is 25.1 Å². The molecule has 3 nitrogen and oxygen atoms in total. The third-order valence-electron chi connectivity index (χ3n) is 2.65. The maximum atomic E-state index is 10.8. The largest absolute Gasteiger partial charge is 0.371 e. The first-order valence-corrected chi connectivity index (χ1v) is 5.06. The van der Waals surface area contributed by atoms with Gasteiger partial charge in [-0.05, 0) is 25.3 Å². The molecule has 1 aliphatic heterocycles. The first kappa shape index (κ1) is 9.19. The first-order chi connectivity index (χ1) is 6.92. The molecule has 0 radical (unpaired) electrons. The van der Waals surface area contributed by atoms with Crippen molar-refractivity contribution in [2.45, 2.75) is 19.3 Å². The summed E-state index contributed by atoms with van der Waals surface area (Å²) in [6.07, 6.45) is 8.02. The van der Waals surface area contributed by atoms with Crippen LogP contribution in [0.3, 0.4) is 0 Å². The zero-order chi connectivity index (χ0) is 9.80. The predicted molar refractivity (Wildman–Crippen MR) is 55.7 cm³/mol. The normalized spacial score (nSPS) is 16.7. The summed E-state index contributed by atoms with van der Waals surface area (Å²) in [6.45, 7) is 2.12. The molecular formula is C11H14N2O. The first-order valence-electron chi connectivity index (χ1n) is 5.06. The Balaban J connectivity index is 2.24. The SMILES string of the molecule is O=Cc1cnccc1N1CCCCC1. The number of pyridine rings is 1. The molecule has 0 unspecified atom stereocenters. The van der Waals surface area contributed by atoms with Gasteiger partial charge in [-0.1, -0.05) is 0 Å². The van der Waals surface area contributed by atoms with Crippen molar-refractivity contribution < 1.29 is 4.79 Å². The quantitative estimate of drug-likeness (QED) is 0.668. The molecule has 74 valence electrons. The van der Waals surface area contributed by atoms with Crippen LogP contribution in [0.2, 0.25) is 0 Å². The van der Waals surface area contributed by atoms with Gasteiger partial charge in [0, 0.05) is 25.5 Å². The number of carbonyl (C=O) groups excluding carboxylic acids is 1. The number of hydrogen-bond acceptors (Lipinski definition) is 3. The molecule has 14 heavy (non-hydrogen) atoms. The van der Waals surface area contributed by atoms with E-state index in [9.17, 15) is 4.79 Å². The maximum absolute atomic E-state index is 10.8. The van der Waals surface area contributed by atoms with Gasteiger partial charge < -0.3 is 4.90 Å². The summed E-state index contributed by atoms with van der Waals surface area (Å²) in [5.41, 5.74) is 1.74. The minimum Gasteiger partial charge on any atom is -0.371 e. The molecule has 0 spiro atoms. The van der Waals surface area contributed by atoms with Gasteiger partial charge in [-0.3, -0.25) is 9.78 Å².